The highest BCUT2D eigenvalue weighted by molar-refractivity contribution is 7.84. The van der Waals surface area contributed by atoms with Gasteiger partial charge in [0.25, 0.3) is 0 Å². The van der Waals surface area contributed by atoms with Crippen molar-refractivity contribution in [2.75, 3.05) is 18.6 Å². The average molecular weight is 229 g/mol. The minimum Gasteiger partial charge on any atom is -0.309 e. The van der Waals surface area contributed by atoms with Gasteiger partial charge in [-0.1, -0.05) is 0 Å². The zero-order valence-corrected chi connectivity index (χ0v) is 10.4. The van der Waals surface area contributed by atoms with Crippen molar-refractivity contribution in [1.29, 1.82) is 0 Å². The van der Waals surface area contributed by atoms with Crippen LogP contribution >= 0.6 is 0 Å². The Balaban J connectivity index is 2.39. The lowest BCUT2D eigenvalue weighted by Gasteiger charge is -2.10. The maximum Gasteiger partial charge on any atom is 0.0537 e. The Morgan fingerprint density at radius 1 is 1.67 bits per heavy atom. The fraction of sp³-hybridized carbons (Fsp3) is 0.700. The summed E-state index contributed by atoms with van der Waals surface area (Å²) in [6, 6.07) is 0.272. The second-order valence-corrected chi connectivity index (χ2v) is 5.14. The third-order valence-corrected chi connectivity index (χ3v) is 3.10. The van der Waals surface area contributed by atoms with Gasteiger partial charge >= 0.3 is 0 Å². The molecule has 1 rings (SSSR count). The Bertz CT molecular complexity index is 324. The second kappa shape index (κ2) is 6.02. The van der Waals surface area contributed by atoms with Crippen molar-refractivity contribution in [3.05, 3.63) is 18.0 Å². The lowest BCUT2D eigenvalue weighted by Crippen LogP contribution is -2.23. The summed E-state index contributed by atoms with van der Waals surface area (Å²) >= 11 is 0. The summed E-state index contributed by atoms with van der Waals surface area (Å²) in [5.74, 6) is 0.701. The maximum absolute atomic E-state index is 10.9. The number of rotatable bonds is 6. The van der Waals surface area contributed by atoms with Crippen molar-refractivity contribution >= 4 is 10.8 Å². The Labute approximate surface area is 93.5 Å². The smallest absolute Gasteiger partial charge is 0.0537 e. The number of hydrogen-bond donors (Lipinski definition) is 1. The van der Waals surface area contributed by atoms with E-state index in [4.69, 9.17) is 0 Å². The van der Waals surface area contributed by atoms with E-state index in [0.717, 1.165) is 13.1 Å². The van der Waals surface area contributed by atoms with Crippen LogP contribution in [0.25, 0.3) is 0 Å². The first kappa shape index (κ1) is 12.4. The normalized spacial score (nSPS) is 15.1. The van der Waals surface area contributed by atoms with E-state index in [-0.39, 0.29) is 6.04 Å². The van der Waals surface area contributed by atoms with Crippen LogP contribution in [0.5, 0.6) is 0 Å². The van der Waals surface area contributed by atoms with Gasteiger partial charge in [-0.15, -0.1) is 0 Å². The molecule has 2 unspecified atom stereocenters. The summed E-state index contributed by atoms with van der Waals surface area (Å²) < 4.78 is 12.8. The van der Waals surface area contributed by atoms with Crippen molar-refractivity contribution in [2.24, 2.45) is 0 Å². The quantitative estimate of drug-likeness (QED) is 0.789. The minimum absolute atomic E-state index is 0.272. The molecule has 0 amide bonds. The highest BCUT2D eigenvalue weighted by atomic mass is 32.2. The predicted octanol–water partition coefficient (Wildman–Crippen LogP) is 0.932. The van der Waals surface area contributed by atoms with Gasteiger partial charge in [0.1, 0.15) is 0 Å². The standard InChI is InChI=1S/C10H19N3OS/c1-4-13-8-10(7-12-13)9(2)11-5-6-15(3)14/h7-9,11H,4-6H2,1-3H3. The van der Waals surface area contributed by atoms with Crippen molar-refractivity contribution < 1.29 is 4.21 Å². The van der Waals surface area contributed by atoms with E-state index in [1.807, 2.05) is 17.1 Å². The zero-order valence-electron chi connectivity index (χ0n) is 9.56. The molecule has 15 heavy (non-hydrogen) atoms. The van der Waals surface area contributed by atoms with Crippen molar-refractivity contribution in [1.82, 2.24) is 15.1 Å². The summed E-state index contributed by atoms with van der Waals surface area (Å²) in [5, 5.41) is 7.54. The summed E-state index contributed by atoms with van der Waals surface area (Å²) in [7, 11) is -0.718. The number of aromatic nitrogens is 2. The molecule has 1 aromatic rings. The second-order valence-electron chi connectivity index (χ2n) is 3.58. The number of nitrogens with zero attached hydrogens (tertiary/aromatic N) is 2. The van der Waals surface area contributed by atoms with E-state index in [9.17, 15) is 4.21 Å². The molecule has 1 heterocycles. The minimum atomic E-state index is -0.718. The zero-order chi connectivity index (χ0) is 11.3. The molecule has 5 heteroatoms. The van der Waals surface area contributed by atoms with Crippen LogP contribution in [0.3, 0.4) is 0 Å². The molecule has 0 saturated heterocycles. The van der Waals surface area contributed by atoms with Crippen LogP contribution in [0.2, 0.25) is 0 Å². The third-order valence-electron chi connectivity index (χ3n) is 2.32. The van der Waals surface area contributed by atoms with Gasteiger partial charge in [0.15, 0.2) is 0 Å². The van der Waals surface area contributed by atoms with Crippen molar-refractivity contribution in [3.8, 4) is 0 Å². The van der Waals surface area contributed by atoms with Crippen LogP contribution in [0.4, 0.5) is 0 Å². The molecule has 0 aromatic carbocycles. The van der Waals surface area contributed by atoms with Gasteiger partial charge in [-0.25, -0.2) is 0 Å². The SMILES string of the molecule is CCn1cc(C(C)NCCS(C)=O)cn1. The molecule has 0 bridgehead atoms. The molecule has 2 atom stereocenters. The first-order valence-electron chi connectivity index (χ1n) is 5.19. The summed E-state index contributed by atoms with van der Waals surface area (Å²) in [6.07, 6.45) is 5.64. The molecule has 4 nitrogen and oxygen atoms in total. The Morgan fingerprint density at radius 2 is 2.40 bits per heavy atom. The summed E-state index contributed by atoms with van der Waals surface area (Å²) in [4.78, 5) is 0. The van der Waals surface area contributed by atoms with E-state index in [1.165, 1.54) is 5.56 Å². The van der Waals surface area contributed by atoms with Crippen LogP contribution in [0.15, 0.2) is 12.4 Å². The fourth-order valence-corrected chi connectivity index (χ4v) is 1.72. The molecule has 86 valence electrons. The Kier molecular flexibility index (Phi) is 4.98. The van der Waals surface area contributed by atoms with Gasteiger partial charge in [0.05, 0.1) is 6.20 Å². The molecular formula is C10H19N3OS. The van der Waals surface area contributed by atoms with Gasteiger partial charge in [-0.2, -0.15) is 5.10 Å². The molecule has 0 aliphatic rings. The van der Waals surface area contributed by atoms with E-state index >= 15 is 0 Å². The Morgan fingerprint density at radius 3 is 2.93 bits per heavy atom. The number of nitrogens with one attached hydrogen (secondary N) is 1. The largest absolute Gasteiger partial charge is 0.309 e. The van der Waals surface area contributed by atoms with Crippen LogP contribution in [-0.4, -0.2) is 32.5 Å². The summed E-state index contributed by atoms with van der Waals surface area (Å²) in [5.41, 5.74) is 1.18. The number of aryl methyl sites for hydroxylation is 1. The summed E-state index contributed by atoms with van der Waals surface area (Å²) in [6.45, 7) is 5.83. The van der Waals surface area contributed by atoms with Gasteiger partial charge < -0.3 is 5.32 Å². The molecule has 0 aliphatic heterocycles. The molecular weight excluding hydrogens is 210 g/mol. The van der Waals surface area contributed by atoms with Crippen molar-refractivity contribution in [2.45, 2.75) is 26.4 Å². The molecule has 1 aromatic heterocycles. The van der Waals surface area contributed by atoms with E-state index in [2.05, 4.69) is 24.3 Å². The topological polar surface area (TPSA) is 46.9 Å². The van der Waals surface area contributed by atoms with Gasteiger partial charge in [0.2, 0.25) is 0 Å². The van der Waals surface area contributed by atoms with Gasteiger partial charge in [0, 0.05) is 53.7 Å². The van der Waals surface area contributed by atoms with Gasteiger partial charge in [-0.05, 0) is 13.8 Å². The average Bonchev–Trinajstić information content (AvgIpc) is 2.65. The van der Waals surface area contributed by atoms with Crippen LogP contribution in [0.1, 0.15) is 25.5 Å². The highest BCUT2D eigenvalue weighted by Gasteiger charge is 2.06. The molecule has 1 N–H and O–H groups in total. The third kappa shape index (κ3) is 4.13. The predicted molar refractivity (Wildman–Crippen MR) is 63.3 cm³/mol. The lowest BCUT2D eigenvalue weighted by atomic mass is 10.2. The molecule has 0 fully saturated rings. The Hall–Kier alpha value is -0.680. The molecule has 0 spiro atoms. The lowest BCUT2D eigenvalue weighted by molar-refractivity contribution is 0.594. The van der Waals surface area contributed by atoms with Crippen molar-refractivity contribution in [3.63, 3.8) is 0 Å². The van der Waals surface area contributed by atoms with Crippen LogP contribution in [-0.2, 0) is 17.3 Å². The van der Waals surface area contributed by atoms with E-state index < -0.39 is 10.8 Å². The van der Waals surface area contributed by atoms with Crippen LogP contribution in [0, 0.1) is 0 Å². The first-order valence-corrected chi connectivity index (χ1v) is 6.92. The molecule has 0 aliphatic carbocycles. The van der Waals surface area contributed by atoms with E-state index in [1.54, 1.807) is 6.26 Å². The maximum atomic E-state index is 10.9. The van der Waals surface area contributed by atoms with Gasteiger partial charge in [-0.3, -0.25) is 8.89 Å². The fourth-order valence-electron chi connectivity index (χ4n) is 1.31. The highest BCUT2D eigenvalue weighted by Crippen LogP contribution is 2.10. The monoisotopic (exact) mass is 229 g/mol. The first-order chi connectivity index (χ1) is 7.13. The van der Waals surface area contributed by atoms with Crippen LogP contribution < -0.4 is 5.32 Å². The molecule has 0 saturated carbocycles. The number of hydrogen-bond acceptors (Lipinski definition) is 3. The molecule has 0 radical (unpaired) electrons. The van der Waals surface area contributed by atoms with E-state index in [0.29, 0.717) is 5.75 Å².